The Morgan fingerprint density at radius 1 is 1.12 bits per heavy atom. The largest absolute Gasteiger partial charge is 0.349 e. The van der Waals surface area contributed by atoms with Crippen LogP contribution in [-0.4, -0.2) is 26.2 Å². The van der Waals surface area contributed by atoms with Crippen LogP contribution in [0.2, 0.25) is 0 Å². The minimum atomic E-state index is 0.660. The van der Waals surface area contributed by atoms with Crippen LogP contribution in [0.3, 0.4) is 0 Å². The number of para-hydroxylation sites is 2. The van der Waals surface area contributed by atoms with E-state index in [-0.39, 0.29) is 0 Å². The lowest BCUT2D eigenvalue weighted by molar-refractivity contribution is 0.445. The van der Waals surface area contributed by atoms with Crippen molar-refractivity contribution < 1.29 is 0 Å². The molecule has 1 radical (unpaired) electrons. The number of nitrogens with one attached hydrogen (secondary N) is 1. The second-order valence-corrected chi connectivity index (χ2v) is 4.60. The highest BCUT2D eigenvalue weighted by Gasteiger charge is 2.29. The fourth-order valence-corrected chi connectivity index (χ4v) is 2.67. The van der Waals surface area contributed by atoms with E-state index >= 15 is 0 Å². The smallest absolute Gasteiger partial charge is 0.142 e. The van der Waals surface area contributed by atoms with Crippen molar-refractivity contribution >= 4 is 11.4 Å². The zero-order valence-corrected chi connectivity index (χ0v) is 9.69. The quantitative estimate of drug-likeness (QED) is 0.772. The van der Waals surface area contributed by atoms with Crippen molar-refractivity contribution in [1.29, 1.82) is 0 Å². The van der Waals surface area contributed by atoms with Gasteiger partial charge in [-0.2, -0.15) is 0 Å². The Morgan fingerprint density at radius 3 is 2.56 bits per heavy atom. The van der Waals surface area contributed by atoms with E-state index in [1.54, 1.807) is 0 Å². The summed E-state index contributed by atoms with van der Waals surface area (Å²) in [5.74, 6) is 0. The highest BCUT2D eigenvalue weighted by molar-refractivity contribution is 5.78. The van der Waals surface area contributed by atoms with Gasteiger partial charge in [0.1, 0.15) is 6.67 Å². The van der Waals surface area contributed by atoms with Crippen LogP contribution in [0.15, 0.2) is 24.3 Å². The first-order valence-electron chi connectivity index (χ1n) is 6.02. The maximum absolute atomic E-state index is 3.42. The molecule has 0 spiro atoms. The first-order valence-corrected chi connectivity index (χ1v) is 6.02. The van der Waals surface area contributed by atoms with E-state index in [1.165, 1.54) is 24.2 Å². The summed E-state index contributed by atoms with van der Waals surface area (Å²) in [7, 11) is 2.12. The van der Waals surface area contributed by atoms with Crippen molar-refractivity contribution in [3.05, 3.63) is 30.9 Å². The van der Waals surface area contributed by atoms with Gasteiger partial charge in [0.2, 0.25) is 0 Å². The normalized spacial score (nSPS) is 21.3. The molecule has 1 aromatic carbocycles. The van der Waals surface area contributed by atoms with Gasteiger partial charge in [-0.25, -0.2) is 0 Å². The van der Waals surface area contributed by atoms with Crippen LogP contribution in [0, 0.1) is 6.67 Å². The summed E-state index contributed by atoms with van der Waals surface area (Å²) in [5, 5.41) is 3.42. The summed E-state index contributed by atoms with van der Waals surface area (Å²) in [6, 6.07) is 9.30. The van der Waals surface area contributed by atoms with Gasteiger partial charge in [-0.1, -0.05) is 12.1 Å². The number of benzene rings is 1. The average molecular weight is 216 g/mol. The van der Waals surface area contributed by atoms with Crippen molar-refractivity contribution in [1.82, 2.24) is 5.32 Å². The Balaban J connectivity index is 1.87. The lowest BCUT2D eigenvalue weighted by Gasteiger charge is -2.32. The van der Waals surface area contributed by atoms with Crippen molar-refractivity contribution in [2.45, 2.75) is 18.9 Å². The molecule has 0 aliphatic carbocycles. The fourth-order valence-electron chi connectivity index (χ4n) is 2.67. The number of piperidine rings is 1. The van der Waals surface area contributed by atoms with E-state index < -0.39 is 0 Å². The first-order chi connectivity index (χ1) is 7.86. The van der Waals surface area contributed by atoms with Gasteiger partial charge in [-0.05, 0) is 38.1 Å². The maximum atomic E-state index is 3.42. The van der Waals surface area contributed by atoms with Crippen molar-refractivity contribution in [2.75, 3.05) is 29.9 Å². The number of hydrogen-bond acceptors (Lipinski definition) is 3. The summed E-state index contributed by atoms with van der Waals surface area (Å²) >= 11 is 0. The van der Waals surface area contributed by atoms with Gasteiger partial charge in [0, 0.05) is 13.1 Å². The molecule has 0 amide bonds. The highest BCUT2D eigenvalue weighted by Crippen LogP contribution is 2.39. The summed E-state index contributed by atoms with van der Waals surface area (Å²) in [5.41, 5.74) is 2.68. The molecule has 85 valence electrons. The molecule has 3 rings (SSSR count). The minimum absolute atomic E-state index is 0.660. The Bertz CT molecular complexity index is 371. The first kappa shape index (κ1) is 9.97. The number of nitrogens with zero attached hydrogens (tertiary/aromatic N) is 2. The molecule has 1 N–H and O–H groups in total. The van der Waals surface area contributed by atoms with E-state index in [0.717, 1.165) is 13.1 Å². The molecule has 1 fully saturated rings. The number of anilines is 2. The van der Waals surface area contributed by atoms with Crippen molar-refractivity contribution in [3.8, 4) is 0 Å². The van der Waals surface area contributed by atoms with Gasteiger partial charge in [0.15, 0.2) is 0 Å². The molecule has 3 heteroatoms. The molecule has 2 heterocycles. The molecule has 2 aliphatic heterocycles. The van der Waals surface area contributed by atoms with E-state index in [9.17, 15) is 0 Å². The third kappa shape index (κ3) is 1.55. The fraction of sp³-hybridized carbons (Fsp3) is 0.462. The van der Waals surface area contributed by atoms with E-state index in [2.05, 4.69) is 53.1 Å². The molecule has 16 heavy (non-hydrogen) atoms. The van der Waals surface area contributed by atoms with Crippen molar-refractivity contribution in [2.24, 2.45) is 0 Å². The van der Waals surface area contributed by atoms with E-state index in [4.69, 9.17) is 0 Å². The van der Waals surface area contributed by atoms with E-state index in [0.29, 0.717) is 6.04 Å². The monoisotopic (exact) mass is 216 g/mol. The van der Waals surface area contributed by atoms with Gasteiger partial charge in [-0.3, -0.25) is 0 Å². The molecule has 3 nitrogen and oxygen atoms in total. The van der Waals surface area contributed by atoms with Gasteiger partial charge < -0.3 is 15.1 Å². The van der Waals surface area contributed by atoms with Crippen LogP contribution < -0.4 is 15.1 Å². The molecule has 0 saturated carbocycles. The Labute approximate surface area is 97.0 Å². The molecular formula is C13H18N3. The third-order valence-electron chi connectivity index (χ3n) is 3.54. The number of fused-ring (bicyclic) bond motifs is 1. The topological polar surface area (TPSA) is 18.5 Å². The lowest BCUT2D eigenvalue weighted by atomic mass is 10.0. The average Bonchev–Trinajstić information content (AvgIpc) is 2.69. The Hall–Kier alpha value is -1.22. The predicted octanol–water partition coefficient (Wildman–Crippen LogP) is 1.81. The molecule has 0 atom stereocenters. The van der Waals surface area contributed by atoms with Gasteiger partial charge >= 0.3 is 0 Å². The summed E-state index contributed by atoms with van der Waals surface area (Å²) in [6.45, 7) is 4.52. The molecular weight excluding hydrogens is 198 g/mol. The van der Waals surface area contributed by atoms with Crippen LogP contribution in [0.5, 0.6) is 0 Å². The summed E-state index contributed by atoms with van der Waals surface area (Å²) < 4.78 is 0. The van der Waals surface area contributed by atoms with Gasteiger partial charge in [0.05, 0.1) is 11.4 Å². The molecule has 1 aromatic rings. The Morgan fingerprint density at radius 2 is 1.81 bits per heavy atom. The lowest BCUT2D eigenvalue weighted by Crippen LogP contribution is -2.42. The Kier molecular flexibility index (Phi) is 2.48. The van der Waals surface area contributed by atoms with Crippen molar-refractivity contribution in [3.63, 3.8) is 0 Å². The zero-order chi connectivity index (χ0) is 11.0. The second kappa shape index (κ2) is 3.98. The summed E-state index contributed by atoms with van der Waals surface area (Å²) in [6.07, 6.45) is 2.47. The van der Waals surface area contributed by atoms with Crippen LogP contribution in [0.25, 0.3) is 0 Å². The third-order valence-corrected chi connectivity index (χ3v) is 3.54. The number of hydrogen-bond donors (Lipinski definition) is 1. The van der Waals surface area contributed by atoms with Crippen LogP contribution in [0.1, 0.15) is 12.8 Å². The standard InChI is InChI=1S/C13H18N3/c1-15-10-16(11-6-8-14-9-7-11)13-5-3-2-4-12(13)15/h2-5,10-11,14H,6-9H2,1H3. The van der Waals surface area contributed by atoms with Gasteiger partial charge in [0.25, 0.3) is 0 Å². The molecule has 0 bridgehead atoms. The van der Waals surface area contributed by atoms with Crippen LogP contribution in [-0.2, 0) is 0 Å². The molecule has 2 aliphatic rings. The zero-order valence-electron chi connectivity index (χ0n) is 9.69. The van der Waals surface area contributed by atoms with Crippen LogP contribution in [0.4, 0.5) is 11.4 Å². The SMILES string of the molecule is CN1[CH]N(C2CCNCC2)c2ccccc21. The van der Waals surface area contributed by atoms with Crippen LogP contribution >= 0.6 is 0 Å². The highest BCUT2D eigenvalue weighted by atomic mass is 15.4. The number of rotatable bonds is 1. The second-order valence-electron chi connectivity index (χ2n) is 4.60. The minimum Gasteiger partial charge on any atom is -0.349 e. The molecule has 0 aromatic heterocycles. The molecule has 1 saturated heterocycles. The molecule has 0 unspecified atom stereocenters. The maximum Gasteiger partial charge on any atom is 0.142 e. The summed E-state index contributed by atoms with van der Waals surface area (Å²) in [4.78, 5) is 4.66. The predicted molar refractivity (Wildman–Crippen MR) is 67.5 cm³/mol. The van der Waals surface area contributed by atoms with E-state index in [1.807, 2.05) is 0 Å². The van der Waals surface area contributed by atoms with Gasteiger partial charge in [-0.15, -0.1) is 0 Å².